The Hall–Kier alpha value is -2.14. The Kier molecular flexibility index (Phi) is 5.00. The van der Waals surface area contributed by atoms with Gasteiger partial charge in [0.15, 0.2) is 0 Å². The molecule has 2 heterocycles. The Morgan fingerprint density at radius 3 is 2.50 bits per heavy atom. The zero-order chi connectivity index (χ0) is 17.1. The Morgan fingerprint density at radius 2 is 1.88 bits per heavy atom. The number of piperidine rings is 1. The second kappa shape index (κ2) is 7.18. The lowest BCUT2D eigenvalue weighted by Crippen LogP contribution is -2.42. The number of amides is 1. The van der Waals surface area contributed by atoms with Gasteiger partial charge in [-0.05, 0) is 38.1 Å². The molecule has 0 radical (unpaired) electrons. The molecular weight excluding hydrogens is 326 g/mol. The van der Waals surface area contributed by atoms with Crippen molar-refractivity contribution in [2.24, 2.45) is 0 Å². The fourth-order valence-corrected chi connectivity index (χ4v) is 2.97. The second-order valence-corrected chi connectivity index (χ2v) is 6.42. The Morgan fingerprint density at radius 1 is 1.21 bits per heavy atom. The van der Waals surface area contributed by atoms with E-state index in [0.29, 0.717) is 29.5 Å². The lowest BCUT2D eigenvalue weighted by molar-refractivity contribution is 0.0594. The highest BCUT2D eigenvalue weighted by Crippen LogP contribution is 2.22. The van der Waals surface area contributed by atoms with Crippen molar-refractivity contribution in [1.82, 2.24) is 14.9 Å². The SMILES string of the molecule is Cc1ncc(C(=O)N2CCC(Oc3ccc(Cl)cc3)CC2)c(C)n1. The molecule has 0 saturated carbocycles. The van der Waals surface area contributed by atoms with Gasteiger partial charge in [0, 0.05) is 37.2 Å². The molecule has 0 N–H and O–H groups in total. The molecule has 2 aromatic rings. The minimum absolute atomic E-state index is 0.00237. The van der Waals surface area contributed by atoms with Crippen molar-refractivity contribution in [3.05, 3.63) is 52.6 Å². The number of halogens is 1. The number of carbonyl (C=O) groups excluding carboxylic acids is 1. The topological polar surface area (TPSA) is 55.3 Å². The molecule has 1 aliphatic rings. The molecule has 5 nitrogen and oxygen atoms in total. The Bertz CT molecular complexity index is 726. The summed E-state index contributed by atoms with van der Waals surface area (Å²) in [5.74, 6) is 1.49. The van der Waals surface area contributed by atoms with Gasteiger partial charge in [0.05, 0.1) is 11.3 Å². The van der Waals surface area contributed by atoms with Gasteiger partial charge in [-0.25, -0.2) is 9.97 Å². The normalized spacial score (nSPS) is 15.4. The van der Waals surface area contributed by atoms with Crippen LogP contribution < -0.4 is 4.74 Å². The van der Waals surface area contributed by atoms with E-state index in [1.54, 1.807) is 6.20 Å². The van der Waals surface area contributed by atoms with Gasteiger partial charge in [0.1, 0.15) is 17.7 Å². The maximum Gasteiger partial charge on any atom is 0.257 e. The van der Waals surface area contributed by atoms with Crippen molar-refractivity contribution >= 4 is 17.5 Å². The molecule has 0 atom stereocenters. The van der Waals surface area contributed by atoms with E-state index in [9.17, 15) is 4.79 Å². The van der Waals surface area contributed by atoms with Crippen LogP contribution in [-0.2, 0) is 0 Å². The molecule has 1 amide bonds. The van der Waals surface area contributed by atoms with Gasteiger partial charge in [0.2, 0.25) is 0 Å². The molecule has 1 fully saturated rings. The number of carbonyl (C=O) groups is 1. The number of rotatable bonds is 3. The second-order valence-electron chi connectivity index (χ2n) is 5.98. The molecule has 1 aliphatic heterocycles. The Balaban J connectivity index is 1.58. The number of hydrogen-bond donors (Lipinski definition) is 0. The largest absolute Gasteiger partial charge is 0.490 e. The van der Waals surface area contributed by atoms with Gasteiger partial charge in [-0.1, -0.05) is 11.6 Å². The zero-order valence-electron chi connectivity index (χ0n) is 13.8. The van der Waals surface area contributed by atoms with E-state index in [2.05, 4.69) is 9.97 Å². The fraction of sp³-hybridized carbons (Fsp3) is 0.389. The summed E-state index contributed by atoms with van der Waals surface area (Å²) in [7, 11) is 0. The summed E-state index contributed by atoms with van der Waals surface area (Å²) in [5.41, 5.74) is 1.31. The van der Waals surface area contributed by atoms with E-state index >= 15 is 0 Å². The van der Waals surface area contributed by atoms with Crippen molar-refractivity contribution in [2.75, 3.05) is 13.1 Å². The predicted molar refractivity (Wildman–Crippen MR) is 92.5 cm³/mol. The number of nitrogens with zero attached hydrogens (tertiary/aromatic N) is 3. The summed E-state index contributed by atoms with van der Waals surface area (Å²) in [6.45, 7) is 5.01. The summed E-state index contributed by atoms with van der Waals surface area (Å²) < 4.78 is 5.96. The molecule has 6 heteroatoms. The standard InChI is InChI=1S/C18H20ClN3O2/c1-12-17(11-20-13(2)21-12)18(23)22-9-7-16(8-10-22)24-15-5-3-14(19)4-6-15/h3-6,11,16H,7-10H2,1-2H3. The molecular formula is C18H20ClN3O2. The maximum atomic E-state index is 12.6. The molecule has 0 bridgehead atoms. The lowest BCUT2D eigenvalue weighted by Gasteiger charge is -2.32. The van der Waals surface area contributed by atoms with Gasteiger partial charge in [-0.2, -0.15) is 0 Å². The zero-order valence-corrected chi connectivity index (χ0v) is 14.6. The summed E-state index contributed by atoms with van der Waals surface area (Å²) in [6.07, 6.45) is 3.35. The van der Waals surface area contributed by atoms with E-state index in [-0.39, 0.29) is 12.0 Å². The van der Waals surface area contributed by atoms with Crippen LogP contribution in [-0.4, -0.2) is 40.0 Å². The summed E-state index contributed by atoms with van der Waals surface area (Å²) in [5, 5.41) is 0.693. The number of benzene rings is 1. The van der Waals surface area contributed by atoms with Crippen molar-refractivity contribution in [3.63, 3.8) is 0 Å². The third-order valence-corrected chi connectivity index (χ3v) is 4.43. The van der Waals surface area contributed by atoms with Crippen molar-refractivity contribution in [2.45, 2.75) is 32.8 Å². The first-order valence-corrected chi connectivity index (χ1v) is 8.42. The molecule has 0 unspecified atom stereocenters. The van der Waals surface area contributed by atoms with Crippen molar-refractivity contribution in [3.8, 4) is 5.75 Å². The van der Waals surface area contributed by atoms with Gasteiger partial charge >= 0.3 is 0 Å². The Labute approximate surface area is 146 Å². The van der Waals surface area contributed by atoms with Crippen LogP contribution in [0.2, 0.25) is 5.02 Å². The van der Waals surface area contributed by atoms with Crippen LogP contribution in [0.5, 0.6) is 5.75 Å². The molecule has 0 spiro atoms. The van der Waals surface area contributed by atoms with Gasteiger partial charge in [-0.3, -0.25) is 4.79 Å². The minimum atomic E-state index is -0.00237. The first-order chi connectivity index (χ1) is 11.5. The summed E-state index contributed by atoms with van der Waals surface area (Å²) >= 11 is 5.88. The lowest BCUT2D eigenvalue weighted by atomic mass is 10.1. The van der Waals surface area contributed by atoms with Crippen LogP contribution in [0.1, 0.15) is 34.7 Å². The maximum absolute atomic E-state index is 12.6. The monoisotopic (exact) mass is 345 g/mol. The molecule has 1 aromatic carbocycles. The first kappa shape index (κ1) is 16.7. The highest BCUT2D eigenvalue weighted by Gasteiger charge is 2.26. The average molecular weight is 346 g/mol. The van der Waals surface area contributed by atoms with Crippen molar-refractivity contribution < 1.29 is 9.53 Å². The third-order valence-electron chi connectivity index (χ3n) is 4.18. The number of aryl methyl sites for hydroxylation is 2. The molecule has 3 rings (SSSR count). The van der Waals surface area contributed by atoms with E-state index in [0.717, 1.165) is 24.3 Å². The quantitative estimate of drug-likeness (QED) is 0.855. The predicted octanol–water partition coefficient (Wildman–Crippen LogP) is 3.43. The van der Waals surface area contributed by atoms with Crippen LogP contribution in [0, 0.1) is 13.8 Å². The van der Waals surface area contributed by atoms with Crippen LogP contribution >= 0.6 is 11.6 Å². The van der Waals surface area contributed by atoms with E-state index < -0.39 is 0 Å². The highest BCUT2D eigenvalue weighted by molar-refractivity contribution is 6.30. The van der Waals surface area contributed by atoms with Crippen LogP contribution in [0.15, 0.2) is 30.5 Å². The molecule has 0 aliphatic carbocycles. The first-order valence-electron chi connectivity index (χ1n) is 8.04. The number of likely N-dealkylation sites (tertiary alicyclic amines) is 1. The number of ether oxygens (including phenoxy) is 1. The van der Waals surface area contributed by atoms with E-state index in [1.807, 2.05) is 43.0 Å². The number of hydrogen-bond acceptors (Lipinski definition) is 4. The smallest absolute Gasteiger partial charge is 0.257 e. The van der Waals surface area contributed by atoms with Crippen molar-refractivity contribution in [1.29, 1.82) is 0 Å². The summed E-state index contributed by atoms with van der Waals surface area (Å²) in [4.78, 5) is 22.9. The van der Waals surface area contributed by atoms with E-state index in [1.165, 1.54) is 0 Å². The minimum Gasteiger partial charge on any atom is -0.490 e. The van der Waals surface area contributed by atoms with E-state index in [4.69, 9.17) is 16.3 Å². The summed E-state index contributed by atoms with van der Waals surface area (Å²) in [6, 6.07) is 7.37. The third kappa shape index (κ3) is 3.85. The fourth-order valence-electron chi connectivity index (χ4n) is 2.85. The molecule has 1 aromatic heterocycles. The van der Waals surface area contributed by atoms with Crippen LogP contribution in [0.4, 0.5) is 0 Å². The molecule has 1 saturated heterocycles. The molecule has 126 valence electrons. The van der Waals surface area contributed by atoms with Gasteiger partial charge in [-0.15, -0.1) is 0 Å². The van der Waals surface area contributed by atoms with Gasteiger partial charge in [0.25, 0.3) is 5.91 Å². The van der Waals surface area contributed by atoms with Crippen LogP contribution in [0.25, 0.3) is 0 Å². The molecule has 24 heavy (non-hydrogen) atoms. The van der Waals surface area contributed by atoms with Gasteiger partial charge < -0.3 is 9.64 Å². The van der Waals surface area contributed by atoms with Crippen LogP contribution in [0.3, 0.4) is 0 Å². The number of aromatic nitrogens is 2. The average Bonchev–Trinajstić information content (AvgIpc) is 2.57. The highest BCUT2D eigenvalue weighted by atomic mass is 35.5.